The molecule has 0 amide bonds. The van der Waals surface area contributed by atoms with E-state index < -0.39 is 0 Å². The van der Waals surface area contributed by atoms with Crippen molar-refractivity contribution in [2.75, 3.05) is 24.7 Å². The van der Waals surface area contributed by atoms with E-state index in [1.54, 1.807) is 25.1 Å². The molecule has 0 unspecified atom stereocenters. The van der Waals surface area contributed by atoms with E-state index in [0.717, 1.165) is 39.7 Å². The number of hydrogen-bond donors (Lipinski definition) is 2. The lowest BCUT2D eigenvalue weighted by atomic mass is 10.1. The Hall–Kier alpha value is -2.02. The molecule has 0 radical (unpaired) electrons. The summed E-state index contributed by atoms with van der Waals surface area (Å²) in [6, 6.07) is 15.5. The molecule has 0 saturated heterocycles. The molecule has 7 heteroatoms. The van der Waals surface area contributed by atoms with Crippen molar-refractivity contribution in [3.8, 4) is 5.75 Å². The molecule has 1 aromatic heterocycles. The minimum absolute atomic E-state index is 0.581. The number of nitrogens with zero attached hydrogens (tertiary/aromatic N) is 1. The summed E-state index contributed by atoms with van der Waals surface area (Å²) in [5.74, 6) is 1.64. The third kappa shape index (κ3) is 4.78. The maximum Gasteiger partial charge on any atom is 0.170 e. The molecule has 0 aliphatic carbocycles. The van der Waals surface area contributed by atoms with Gasteiger partial charge in [-0.2, -0.15) is 0 Å². The molecule has 26 heavy (non-hydrogen) atoms. The van der Waals surface area contributed by atoms with Gasteiger partial charge in [-0.25, -0.2) is 0 Å². The van der Waals surface area contributed by atoms with Gasteiger partial charge in [0.15, 0.2) is 5.11 Å². The zero-order valence-electron chi connectivity index (χ0n) is 14.2. The maximum atomic E-state index is 5.89. The van der Waals surface area contributed by atoms with E-state index in [1.807, 2.05) is 48.5 Å². The predicted octanol–water partition coefficient (Wildman–Crippen LogP) is 4.98. The Morgan fingerprint density at radius 2 is 2.00 bits per heavy atom. The van der Waals surface area contributed by atoms with Crippen molar-refractivity contribution >= 4 is 57.3 Å². The highest BCUT2D eigenvalue weighted by Gasteiger charge is 2.08. The molecular formula is C19H18ClN3OS2. The fourth-order valence-electron chi connectivity index (χ4n) is 2.45. The third-order valence-corrected chi connectivity index (χ3v) is 5.18. The van der Waals surface area contributed by atoms with E-state index in [0.29, 0.717) is 5.11 Å². The van der Waals surface area contributed by atoms with E-state index in [4.69, 9.17) is 28.6 Å². The van der Waals surface area contributed by atoms with Crippen molar-refractivity contribution in [1.29, 1.82) is 0 Å². The molecule has 2 N–H and O–H groups in total. The fourth-order valence-corrected chi connectivity index (χ4v) is 3.56. The molecule has 0 aliphatic heterocycles. The first-order chi connectivity index (χ1) is 12.7. The topological polar surface area (TPSA) is 46.2 Å². The van der Waals surface area contributed by atoms with Crippen molar-refractivity contribution in [3.63, 3.8) is 0 Å². The lowest BCUT2D eigenvalue weighted by Gasteiger charge is -2.13. The minimum Gasteiger partial charge on any atom is -0.494 e. The molecule has 0 spiro atoms. The van der Waals surface area contributed by atoms with Crippen molar-refractivity contribution in [3.05, 3.63) is 59.8 Å². The highest BCUT2D eigenvalue weighted by molar-refractivity contribution is 7.99. The quantitative estimate of drug-likeness (QED) is 0.344. The zero-order chi connectivity index (χ0) is 18.4. The van der Waals surface area contributed by atoms with Crippen LogP contribution in [0.25, 0.3) is 10.9 Å². The number of thioether (sulfide) groups is 1. The first kappa shape index (κ1) is 18.8. The molecule has 3 aromatic rings. The van der Waals surface area contributed by atoms with Gasteiger partial charge in [0.2, 0.25) is 0 Å². The number of pyridine rings is 1. The molecule has 1 heterocycles. The second-order valence-electron chi connectivity index (χ2n) is 5.40. The van der Waals surface area contributed by atoms with Crippen LogP contribution in [0.2, 0.25) is 5.02 Å². The van der Waals surface area contributed by atoms with Gasteiger partial charge in [-0.3, -0.25) is 4.98 Å². The normalized spacial score (nSPS) is 10.5. The summed E-state index contributed by atoms with van der Waals surface area (Å²) in [4.78, 5) is 5.58. The number of anilines is 1. The van der Waals surface area contributed by atoms with Gasteiger partial charge in [0, 0.05) is 39.5 Å². The van der Waals surface area contributed by atoms with Crippen molar-refractivity contribution in [2.24, 2.45) is 0 Å². The molecule has 0 saturated carbocycles. The van der Waals surface area contributed by atoms with Crippen LogP contribution in [-0.4, -0.2) is 29.5 Å². The molecule has 0 aliphatic rings. The molecule has 2 aromatic carbocycles. The van der Waals surface area contributed by atoms with Crippen LogP contribution in [0.3, 0.4) is 0 Å². The first-order valence-electron chi connectivity index (χ1n) is 8.02. The Labute approximate surface area is 167 Å². The largest absolute Gasteiger partial charge is 0.494 e. The van der Waals surface area contributed by atoms with Crippen molar-refractivity contribution < 1.29 is 4.74 Å². The fraction of sp³-hybridized carbons (Fsp3) is 0.158. The lowest BCUT2D eigenvalue weighted by molar-refractivity contribution is 0.419. The minimum atomic E-state index is 0.581. The standard InChI is InChI=1S/C19H18ClN3OS2/c1-24-17-9-8-16(15-3-2-10-21-18(15)17)23-19(25)22-11-12-26-14-6-4-13(20)5-7-14/h2-10H,11-12H2,1H3,(H2,22,23,25). The number of hydrogen-bond acceptors (Lipinski definition) is 4. The Bertz CT molecular complexity index is 903. The van der Waals surface area contributed by atoms with E-state index in [9.17, 15) is 0 Å². The first-order valence-corrected chi connectivity index (χ1v) is 9.79. The zero-order valence-corrected chi connectivity index (χ0v) is 16.5. The van der Waals surface area contributed by atoms with E-state index in [-0.39, 0.29) is 0 Å². The number of benzene rings is 2. The molecule has 4 nitrogen and oxygen atoms in total. The number of methoxy groups -OCH3 is 1. The van der Waals surface area contributed by atoms with Gasteiger partial charge in [0.25, 0.3) is 0 Å². The monoisotopic (exact) mass is 403 g/mol. The number of ether oxygens (including phenoxy) is 1. The number of rotatable bonds is 6. The second-order valence-corrected chi connectivity index (χ2v) is 7.41. The van der Waals surface area contributed by atoms with Gasteiger partial charge in [-0.1, -0.05) is 11.6 Å². The summed E-state index contributed by atoms with van der Waals surface area (Å²) in [5, 5.41) is 8.76. The Morgan fingerprint density at radius 3 is 2.77 bits per heavy atom. The van der Waals surface area contributed by atoms with Gasteiger partial charge >= 0.3 is 0 Å². The average Bonchev–Trinajstić information content (AvgIpc) is 2.67. The van der Waals surface area contributed by atoms with Crippen LogP contribution in [-0.2, 0) is 0 Å². The second kappa shape index (κ2) is 9.07. The van der Waals surface area contributed by atoms with E-state index in [1.165, 1.54) is 4.90 Å². The third-order valence-electron chi connectivity index (χ3n) is 3.67. The Kier molecular flexibility index (Phi) is 6.55. The maximum absolute atomic E-state index is 5.89. The van der Waals surface area contributed by atoms with Crippen molar-refractivity contribution in [1.82, 2.24) is 10.3 Å². The molecule has 3 rings (SSSR count). The Morgan fingerprint density at radius 1 is 1.19 bits per heavy atom. The molecule has 0 fully saturated rings. The number of thiocarbonyl (C=S) groups is 1. The lowest BCUT2D eigenvalue weighted by Crippen LogP contribution is -2.30. The molecular weight excluding hydrogens is 386 g/mol. The van der Waals surface area contributed by atoms with Gasteiger partial charge in [-0.05, 0) is 60.7 Å². The number of fused-ring (bicyclic) bond motifs is 1. The summed E-state index contributed by atoms with van der Waals surface area (Å²) in [7, 11) is 1.64. The van der Waals surface area contributed by atoms with Crippen LogP contribution in [0.4, 0.5) is 5.69 Å². The van der Waals surface area contributed by atoms with E-state index in [2.05, 4.69) is 15.6 Å². The summed E-state index contributed by atoms with van der Waals surface area (Å²) in [5.41, 5.74) is 1.71. The highest BCUT2D eigenvalue weighted by Crippen LogP contribution is 2.29. The number of aromatic nitrogens is 1. The SMILES string of the molecule is COc1ccc(NC(=S)NCCSc2ccc(Cl)cc2)c2cccnc12. The molecule has 134 valence electrons. The summed E-state index contributed by atoms with van der Waals surface area (Å²) in [6.45, 7) is 0.755. The summed E-state index contributed by atoms with van der Waals surface area (Å²) < 4.78 is 5.37. The summed E-state index contributed by atoms with van der Waals surface area (Å²) >= 11 is 13.0. The van der Waals surface area contributed by atoms with Crippen molar-refractivity contribution in [2.45, 2.75) is 4.90 Å². The van der Waals surface area contributed by atoms with Gasteiger partial charge < -0.3 is 15.4 Å². The number of nitrogens with one attached hydrogen (secondary N) is 2. The molecule has 0 bridgehead atoms. The smallest absolute Gasteiger partial charge is 0.170 e. The van der Waals surface area contributed by atoms with Crippen LogP contribution >= 0.6 is 35.6 Å². The highest BCUT2D eigenvalue weighted by atomic mass is 35.5. The summed E-state index contributed by atoms with van der Waals surface area (Å²) in [6.07, 6.45) is 1.75. The Balaban J connectivity index is 1.55. The van der Waals surface area contributed by atoms with Gasteiger partial charge in [0.1, 0.15) is 11.3 Å². The van der Waals surface area contributed by atoms with E-state index >= 15 is 0 Å². The van der Waals surface area contributed by atoms with Gasteiger partial charge in [-0.15, -0.1) is 11.8 Å². The predicted molar refractivity (Wildman–Crippen MR) is 115 cm³/mol. The molecule has 0 atom stereocenters. The average molecular weight is 404 g/mol. The van der Waals surface area contributed by atoms with Crippen LogP contribution in [0.5, 0.6) is 5.75 Å². The van der Waals surface area contributed by atoms with Crippen LogP contribution < -0.4 is 15.4 Å². The van der Waals surface area contributed by atoms with Crippen LogP contribution in [0.1, 0.15) is 0 Å². The number of halogens is 1. The van der Waals surface area contributed by atoms with Gasteiger partial charge in [0.05, 0.1) is 7.11 Å². The van der Waals surface area contributed by atoms with Crippen LogP contribution in [0.15, 0.2) is 59.6 Å². The van der Waals surface area contributed by atoms with Crippen LogP contribution in [0, 0.1) is 0 Å².